The van der Waals surface area contributed by atoms with Gasteiger partial charge in [0.15, 0.2) is 0 Å². The molecule has 0 saturated carbocycles. The van der Waals surface area contributed by atoms with Crippen molar-refractivity contribution in [2.75, 3.05) is 7.05 Å². The molecule has 100 valence electrons. The number of hydrogen-bond acceptors (Lipinski definition) is 3. The Labute approximate surface area is 115 Å². The lowest BCUT2D eigenvalue weighted by atomic mass is 9.97. The van der Waals surface area contributed by atoms with Gasteiger partial charge in [-0.1, -0.05) is 38.1 Å². The van der Waals surface area contributed by atoms with Crippen molar-refractivity contribution in [2.24, 2.45) is 5.92 Å². The average molecular weight is 255 g/mol. The van der Waals surface area contributed by atoms with Crippen LogP contribution in [0, 0.1) is 5.92 Å². The third-order valence-corrected chi connectivity index (χ3v) is 3.10. The summed E-state index contributed by atoms with van der Waals surface area (Å²) < 4.78 is 0. The predicted octanol–water partition coefficient (Wildman–Crippen LogP) is 2.98. The molecule has 2 rings (SSSR count). The fraction of sp³-hybridized carbons (Fsp3) is 0.375. The summed E-state index contributed by atoms with van der Waals surface area (Å²) in [5, 5.41) is 3.31. The van der Waals surface area contributed by atoms with Crippen molar-refractivity contribution < 1.29 is 0 Å². The first-order valence-electron chi connectivity index (χ1n) is 6.72. The summed E-state index contributed by atoms with van der Waals surface area (Å²) in [6.45, 7) is 4.48. The van der Waals surface area contributed by atoms with E-state index in [1.807, 2.05) is 13.2 Å². The standard InChI is InChI=1S/C16H21N3/c1-12(2)9-13-5-4-6-14(10-13)16(17-3)15-11-18-7-8-19-15/h4-8,10-12,16-17H,9H2,1-3H3. The van der Waals surface area contributed by atoms with E-state index in [2.05, 4.69) is 53.4 Å². The SMILES string of the molecule is CNC(c1cccc(CC(C)C)c1)c1cnccn1. The topological polar surface area (TPSA) is 37.8 Å². The van der Waals surface area contributed by atoms with E-state index in [4.69, 9.17) is 0 Å². The first-order valence-corrected chi connectivity index (χ1v) is 6.72. The molecular weight excluding hydrogens is 234 g/mol. The van der Waals surface area contributed by atoms with Gasteiger partial charge in [-0.05, 0) is 30.5 Å². The minimum absolute atomic E-state index is 0.0980. The number of aromatic nitrogens is 2. The van der Waals surface area contributed by atoms with Crippen molar-refractivity contribution in [3.63, 3.8) is 0 Å². The second-order valence-corrected chi connectivity index (χ2v) is 5.19. The highest BCUT2D eigenvalue weighted by atomic mass is 14.9. The molecule has 1 atom stereocenters. The first kappa shape index (κ1) is 13.7. The number of nitrogens with one attached hydrogen (secondary N) is 1. The Morgan fingerprint density at radius 3 is 2.68 bits per heavy atom. The third kappa shape index (κ3) is 3.61. The molecule has 0 fully saturated rings. The molecule has 1 N–H and O–H groups in total. The molecule has 0 spiro atoms. The maximum atomic E-state index is 4.39. The Bertz CT molecular complexity index is 508. The Kier molecular flexibility index (Phi) is 4.63. The van der Waals surface area contributed by atoms with Gasteiger partial charge >= 0.3 is 0 Å². The van der Waals surface area contributed by atoms with Gasteiger partial charge in [0.25, 0.3) is 0 Å². The fourth-order valence-electron chi connectivity index (χ4n) is 2.32. The fourth-order valence-corrected chi connectivity index (χ4v) is 2.32. The lowest BCUT2D eigenvalue weighted by Gasteiger charge is -2.17. The maximum Gasteiger partial charge on any atom is 0.0801 e. The molecule has 19 heavy (non-hydrogen) atoms. The Hall–Kier alpha value is -1.74. The number of rotatable bonds is 5. The number of hydrogen-bond donors (Lipinski definition) is 1. The van der Waals surface area contributed by atoms with Crippen LogP contribution in [0.15, 0.2) is 42.9 Å². The molecule has 1 aromatic carbocycles. The zero-order valence-electron chi connectivity index (χ0n) is 11.8. The average Bonchev–Trinajstić information content (AvgIpc) is 2.40. The molecule has 0 aliphatic heterocycles. The molecule has 0 saturated heterocycles. The van der Waals surface area contributed by atoms with Crippen LogP contribution in [-0.4, -0.2) is 17.0 Å². The molecule has 1 heterocycles. The molecule has 0 aliphatic carbocycles. The van der Waals surface area contributed by atoms with E-state index in [9.17, 15) is 0 Å². The maximum absolute atomic E-state index is 4.39. The lowest BCUT2D eigenvalue weighted by molar-refractivity contribution is 0.640. The van der Waals surface area contributed by atoms with E-state index in [1.165, 1.54) is 11.1 Å². The molecule has 0 radical (unpaired) electrons. The van der Waals surface area contributed by atoms with Crippen molar-refractivity contribution in [3.8, 4) is 0 Å². The van der Waals surface area contributed by atoms with Crippen molar-refractivity contribution in [1.29, 1.82) is 0 Å². The van der Waals surface area contributed by atoms with Gasteiger partial charge in [-0.15, -0.1) is 0 Å². The van der Waals surface area contributed by atoms with Gasteiger partial charge in [0.2, 0.25) is 0 Å². The van der Waals surface area contributed by atoms with Crippen LogP contribution < -0.4 is 5.32 Å². The first-order chi connectivity index (χ1) is 9.20. The van der Waals surface area contributed by atoms with Gasteiger partial charge in [-0.25, -0.2) is 0 Å². The summed E-state index contributed by atoms with van der Waals surface area (Å²) in [7, 11) is 1.95. The summed E-state index contributed by atoms with van der Waals surface area (Å²) >= 11 is 0. The molecule has 1 aromatic heterocycles. The van der Waals surface area contributed by atoms with Gasteiger partial charge in [-0.3, -0.25) is 9.97 Å². The Balaban J connectivity index is 2.28. The monoisotopic (exact) mass is 255 g/mol. The van der Waals surface area contributed by atoms with E-state index < -0.39 is 0 Å². The van der Waals surface area contributed by atoms with Crippen LogP contribution in [0.25, 0.3) is 0 Å². The van der Waals surface area contributed by atoms with Crippen LogP contribution in [0.2, 0.25) is 0 Å². The Morgan fingerprint density at radius 2 is 2.05 bits per heavy atom. The van der Waals surface area contributed by atoms with Crippen molar-refractivity contribution in [2.45, 2.75) is 26.3 Å². The van der Waals surface area contributed by atoms with Crippen LogP contribution in [0.5, 0.6) is 0 Å². The van der Waals surface area contributed by atoms with Gasteiger partial charge in [-0.2, -0.15) is 0 Å². The molecule has 0 bridgehead atoms. The van der Waals surface area contributed by atoms with Crippen LogP contribution in [-0.2, 0) is 6.42 Å². The van der Waals surface area contributed by atoms with E-state index in [-0.39, 0.29) is 6.04 Å². The Morgan fingerprint density at radius 1 is 1.21 bits per heavy atom. The highest BCUT2D eigenvalue weighted by Crippen LogP contribution is 2.21. The molecule has 0 aliphatic rings. The van der Waals surface area contributed by atoms with E-state index in [0.717, 1.165) is 12.1 Å². The third-order valence-electron chi connectivity index (χ3n) is 3.10. The molecule has 0 amide bonds. The minimum atomic E-state index is 0.0980. The van der Waals surface area contributed by atoms with Gasteiger partial charge in [0.1, 0.15) is 0 Å². The van der Waals surface area contributed by atoms with Crippen LogP contribution >= 0.6 is 0 Å². The van der Waals surface area contributed by atoms with Crippen LogP contribution in [0.3, 0.4) is 0 Å². The highest BCUT2D eigenvalue weighted by Gasteiger charge is 2.13. The minimum Gasteiger partial charge on any atom is -0.308 e. The van der Waals surface area contributed by atoms with Gasteiger partial charge in [0.05, 0.1) is 17.9 Å². The van der Waals surface area contributed by atoms with Crippen LogP contribution in [0.1, 0.15) is 36.7 Å². The van der Waals surface area contributed by atoms with Gasteiger partial charge < -0.3 is 5.32 Å². The molecule has 3 nitrogen and oxygen atoms in total. The molecule has 1 unspecified atom stereocenters. The summed E-state index contributed by atoms with van der Waals surface area (Å²) in [4.78, 5) is 8.54. The van der Waals surface area contributed by atoms with E-state index in [1.54, 1.807) is 12.4 Å². The predicted molar refractivity (Wildman–Crippen MR) is 77.9 cm³/mol. The zero-order valence-corrected chi connectivity index (χ0v) is 11.8. The smallest absolute Gasteiger partial charge is 0.0801 e. The molecule has 3 heteroatoms. The molecule has 2 aromatic rings. The normalized spacial score (nSPS) is 12.6. The quantitative estimate of drug-likeness (QED) is 0.892. The van der Waals surface area contributed by atoms with Crippen molar-refractivity contribution in [3.05, 3.63) is 59.7 Å². The van der Waals surface area contributed by atoms with E-state index >= 15 is 0 Å². The second-order valence-electron chi connectivity index (χ2n) is 5.19. The van der Waals surface area contributed by atoms with Crippen molar-refractivity contribution in [1.82, 2.24) is 15.3 Å². The lowest BCUT2D eigenvalue weighted by Crippen LogP contribution is -2.19. The van der Waals surface area contributed by atoms with E-state index in [0.29, 0.717) is 5.92 Å². The summed E-state index contributed by atoms with van der Waals surface area (Å²) in [6, 6.07) is 8.80. The second kappa shape index (κ2) is 6.43. The summed E-state index contributed by atoms with van der Waals surface area (Å²) in [5.41, 5.74) is 3.56. The van der Waals surface area contributed by atoms with Gasteiger partial charge in [0, 0.05) is 12.4 Å². The number of benzene rings is 1. The largest absolute Gasteiger partial charge is 0.308 e. The highest BCUT2D eigenvalue weighted by molar-refractivity contribution is 5.31. The summed E-state index contributed by atoms with van der Waals surface area (Å²) in [6.07, 6.45) is 6.35. The zero-order chi connectivity index (χ0) is 13.7. The van der Waals surface area contributed by atoms with Crippen molar-refractivity contribution >= 4 is 0 Å². The number of nitrogens with zero attached hydrogens (tertiary/aromatic N) is 2. The summed E-state index contributed by atoms with van der Waals surface area (Å²) in [5.74, 6) is 0.666. The molecular formula is C16H21N3. The van der Waals surface area contributed by atoms with Crippen LogP contribution in [0.4, 0.5) is 0 Å².